The molecule has 0 saturated heterocycles. The number of hydrogen-bond donors (Lipinski definition) is 3. The van der Waals surface area contributed by atoms with Crippen LogP contribution in [0, 0.1) is 12.7 Å². The molecule has 0 aliphatic carbocycles. The Kier molecular flexibility index (Phi) is 5.48. The standard InChI is InChI=1S/C16H14FN3O5S3/c1-7-14(27-13(19-7)5-18-28(2,24)25)11-6-26-15(20-11)8-4-12(21)9(16(22)23)3-10(8)17/h3-4,6,18,21H,5H2,1-2H3,(H,22,23). The van der Waals surface area contributed by atoms with Gasteiger partial charge >= 0.3 is 5.97 Å². The minimum Gasteiger partial charge on any atom is -0.507 e. The predicted molar refractivity (Wildman–Crippen MR) is 104 cm³/mol. The molecule has 0 spiro atoms. The van der Waals surface area contributed by atoms with Crippen LogP contribution in [0.2, 0.25) is 0 Å². The van der Waals surface area contributed by atoms with Crippen molar-refractivity contribution >= 4 is 38.7 Å². The van der Waals surface area contributed by atoms with E-state index < -0.39 is 33.1 Å². The Morgan fingerprint density at radius 3 is 2.68 bits per heavy atom. The number of aromatic carboxylic acids is 1. The molecule has 0 unspecified atom stereocenters. The second kappa shape index (κ2) is 7.54. The maximum Gasteiger partial charge on any atom is 0.339 e. The van der Waals surface area contributed by atoms with Crippen molar-refractivity contribution in [1.82, 2.24) is 14.7 Å². The summed E-state index contributed by atoms with van der Waals surface area (Å²) in [6.07, 6.45) is 1.06. The zero-order valence-corrected chi connectivity index (χ0v) is 17.0. The molecule has 0 fully saturated rings. The fourth-order valence-corrected chi connectivity index (χ4v) is 4.72. The summed E-state index contributed by atoms with van der Waals surface area (Å²) in [6, 6.07) is 1.78. The molecule has 3 aromatic rings. The van der Waals surface area contributed by atoms with E-state index in [9.17, 15) is 22.7 Å². The average Bonchev–Trinajstić information content (AvgIpc) is 3.20. The third kappa shape index (κ3) is 4.35. The first-order chi connectivity index (χ1) is 13.0. The van der Waals surface area contributed by atoms with Gasteiger partial charge in [0.2, 0.25) is 10.0 Å². The Balaban J connectivity index is 1.92. The number of rotatable bonds is 6. The lowest BCUT2D eigenvalue weighted by atomic mass is 10.1. The molecule has 3 N–H and O–H groups in total. The number of aryl methyl sites for hydroxylation is 1. The van der Waals surface area contributed by atoms with Crippen molar-refractivity contribution in [3.8, 4) is 26.9 Å². The minimum atomic E-state index is -3.35. The van der Waals surface area contributed by atoms with Gasteiger partial charge in [-0.15, -0.1) is 22.7 Å². The van der Waals surface area contributed by atoms with Crippen molar-refractivity contribution < 1.29 is 27.8 Å². The van der Waals surface area contributed by atoms with Gasteiger partial charge in [-0.05, 0) is 19.1 Å². The van der Waals surface area contributed by atoms with Crippen LogP contribution in [-0.4, -0.2) is 40.8 Å². The number of aromatic hydroxyl groups is 1. The molecular formula is C16H14FN3O5S3. The largest absolute Gasteiger partial charge is 0.507 e. The van der Waals surface area contributed by atoms with Gasteiger partial charge in [0.05, 0.1) is 29.1 Å². The van der Waals surface area contributed by atoms with Crippen molar-refractivity contribution in [2.75, 3.05) is 6.26 Å². The van der Waals surface area contributed by atoms with Crippen LogP contribution >= 0.6 is 22.7 Å². The number of carboxylic acid groups (broad SMARTS) is 1. The van der Waals surface area contributed by atoms with Crippen LogP contribution in [0.15, 0.2) is 17.5 Å². The molecule has 0 radical (unpaired) electrons. The number of nitrogens with zero attached hydrogens (tertiary/aromatic N) is 2. The molecule has 3 rings (SSSR count). The number of benzene rings is 1. The summed E-state index contributed by atoms with van der Waals surface area (Å²) in [7, 11) is -3.35. The van der Waals surface area contributed by atoms with Crippen LogP contribution in [0.3, 0.4) is 0 Å². The normalized spacial score (nSPS) is 11.7. The molecule has 0 aliphatic heterocycles. The SMILES string of the molecule is Cc1nc(CNS(C)(=O)=O)sc1-c1csc(-c2cc(O)c(C(=O)O)cc2F)n1. The minimum absolute atomic E-state index is 0.0140. The number of halogens is 1. The topological polar surface area (TPSA) is 129 Å². The van der Waals surface area contributed by atoms with Gasteiger partial charge in [0.1, 0.15) is 27.1 Å². The van der Waals surface area contributed by atoms with Crippen molar-refractivity contribution in [2.45, 2.75) is 13.5 Å². The fraction of sp³-hybridized carbons (Fsp3) is 0.188. The summed E-state index contributed by atoms with van der Waals surface area (Å²) >= 11 is 2.39. The third-order valence-electron chi connectivity index (χ3n) is 3.61. The molecule has 28 heavy (non-hydrogen) atoms. The number of phenols is 1. The highest BCUT2D eigenvalue weighted by Crippen LogP contribution is 2.36. The highest BCUT2D eigenvalue weighted by Gasteiger charge is 2.19. The second-order valence-corrected chi connectivity index (χ2v) is 9.58. The first-order valence-electron chi connectivity index (χ1n) is 7.68. The van der Waals surface area contributed by atoms with E-state index in [2.05, 4.69) is 14.7 Å². The summed E-state index contributed by atoms with van der Waals surface area (Å²) < 4.78 is 39.1. The van der Waals surface area contributed by atoms with E-state index in [1.807, 2.05) is 0 Å². The van der Waals surface area contributed by atoms with Crippen molar-refractivity contribution in [3.05, 3.63) is 39.6 Å². The van der Waals surface area contributed by atoms with Crippen LogP contribution in [0.25, 0.3) is 21.1 Å². The first kappa shape index (κ1) is 20.3. The van der Waals surface area contributed by atoms with Gasteiger partial charge in [-0.3, -0.25) is 0 Å². The van der Waals surface area contributed by atoms with Gasteiger partial charge in [-0.1, -0.05) is 0 Å². The molecule has 0 atom stereocenters. The van der Waals surface area contributed by atoms with E-state index in [1.54, 1.807) is 12.3 Å². The fourth-order valence-electron chi connectivity index (χ4n) is 2.36. The van der Waals surface area contributed by atoms with Crippen molar-refractivity contribution in [2.24, 2.45) is 0 Å². The van der Waals surface area contributed by atoms with Crippen molar-refractivity contribution in [3.63, 3.8) is 0 Å². The molecule has 8 nitrogen and oxygen atoms in total. The zero-order chi connectivity index (χ0) is 20.6. The Hall–Kier alpha value is -2.41. The summed E-state index contributed by atoms with van der Waals surface area (Å²) in [4.78, 5) is 20.4. The summed E-state index contributed by atoms with van der Waals surface area (Å²) in [5.74, 6) is -2.79. The molecule has 2 heterocycles. The van der Waals surface area contributed by atoms with Gasteiger partial charge in [-0.2, -0.15) is 0 Å². The van der Waals surface area contributed by atoms with Crippen LogP contribution in [0.5, 0.6) is 5.75 Å². The Labute approximate surface area is 167 Å². The highest BCUT2D eigenvalue weighted by atomic mass is 32.2. The monoisotopic (exact) mass is 443 g/mol. The van der Waals surface area contributed by atoms with Gasteiger partial charge in [0.25, 0.3) is 0 Å². The molecule has 2 aromatic heterocycles. The van der Waals surface area contributed by atoms with E-state index in [0.717, 1.165) is 29.7 Å². The van der Waals surface area contributed by atoms with Gasteiger partial charge in [0, 0.05) is 10.9 Å². The van der Waals surface area contributed by atoms with Crippen LogP contribution < -0.4 is 4.72 Å². The Morgan fingerprint density at radius 1 is 1.32 bits per heavy atom. The average molecular weight is 444 g/mol. The number of hydrogen-bond acceptors (Lipinski definition) is 8. The molecule has 12 heteroatoms. The smallest absolute Gasteiger partial charge is 0.339 e. The number of sulfonamides is 1. The lowest BCUT2D eigenvalue weighted by molar-refractivity contribution is 0.0693. The number of carbonyl (C=O) groups is 1. The molecule has 0 bridgehead atoms. The number of nitrogens with one attached hydrogen (secondary N) is 1. The zero-order valence-electron chi connectivity index (χ0n) is 14.6. The Morgan fingerprint density at radius 2 is 2.04 bits per heavy atom. The van der Waals surface area contributed by atoms with E-state index in [0.29, 0.717) is 21.3 Å². The summed E-state index contributed by atoms with van der Waals surface area (Å²) in [6.45, 7) is 1.81. The lowest BCUT2D eigenvalue weighted by Crippen LogP contribution is -2.21. The Bertz CT molecular complexity index is 1170. The summed E-state index contributed by atoms with van der Waals surface area (Å²) in [5, 5.41) is 21.3. The molecule has 1 aromatic carbocycles. The molecule has 148 valence electrons. The lowest BCUT2D eigenvalue weighted by Gasteiger charge is -2.04. The van der Waals surface area contributed by atoms with Gasteiger partial charge < -0.3 is 10.2 Å². The van der Waals surface area contributed by atoms with E-state index in [-0.39, 0.29) is 17.1 Å². The van der Waals surface area contributed by atoms with Crippen molar-refractivity contribution in [1.29, 1.82) is 0 Å². The van der Waals surface area contributed by atoms with Crippen LogP contribution in [0.4, 0.5) is 4.39 Å². The second-order valence-electron chi connectivity index (χ2n) is 5.81. The molecule has 0 aliphatic rings. The maximum atomic E-state index is 14.3. The van der Waals surface area contributed by atoms with E-state index in [4.69, 9.17) is 5.11 Å². The van der Waals surface area contributed by atoms with Gasteiger partial charge in [0.15, 0.2) is 0 Å². The van der Waals surface area contributed by atoms with E-state index >= 15 is 0 Å². The first-order valence-corrected chi connectivity index (χ1v) is 11.3. The third-order valence-corrected chi connectivity index (χ3v) is 6.33. The quantitative estimate of drug-likeness (QED) is 0.534. The molecule has 0 saturated carbocycles. The number of aromatic nitrogens is 2. The number of carboxylic acids is 1. The van der Waals surface area contributed by atoms with E-state index in [1.165, 1.54) is 11.3 Å². The van der Waals surface area contributed by atoms with Crippen LogP contribution in [-0.2, 0) is 16.6 Å². The number of thiazole rings is 2. The highest BCUT2D eigenvalue weighted by molar-refractivity contribution is 7.88. The van der Waals surface area contributed by atoms with Crippen LogP contribution in [0.1, 0.15) is 21.1 Å². The maximum absolute atomic E-state index is 14.3. The molecular weight excluding hydrogens is 429 g/mol. The molecule has 0 amide bonds. The van der Waals surface area contributed by atoms with Gasteiger partial charge in [-0.25, -0.2) is 32.3 Å². The summed E-state index contributed by atoms with van der Waals surface area (Å²) in [5.41, 5.74) is 0.637. The predicted octanol–water partition coefficient (Wildman–Crippen LogP) is 2.83.